The Morgan fingerprint density at radius 2 is 1.81 bits per heavy atom. The van der Waals surface area contributed by atoms with E-state index >= 15 is 0 Å². The molecular weight excluding hydrogens is 470 g/mol. The monoisotopic (exact) mass is 505 g/mol. The van der Waals surface area contributed by atoms with E-state index in [-0.39, 0.29) is 24.6 Å². The van der Waals surface area contributed by atoms with E-state index in [2.05, 4.69) is 5.32 Å². The van der Waals surface area contributed by atoms with Crippen molar-refractivity contribution >= 4 is 17.6 Å². The maximum Gasteiger partial charge on any atom is 0.322 e. The summed E-state index contributed by atoms with van der Waals surface area (Å²) in [6.45, 7) is 3.69. The molecule has 1 fully saturated rings. The van der Waals surface area contributed by atoms with Gasteiger partial charge in [0.15, 0.2) is 0 Å². The van der Waals surface area contributed by atoms with Crippen LogP contribution < -0.4 is 10.1 Å². The molecule has 37 heavy (non-hydrogen) atoms. The number of nitrogens with one attached hydrogen (secondary N) is 1. The summed E-state index contributed by atoms with van der Waals surface area (Å²) in [7, 11) is 1.59. The van der Waals surface area contributed by atoms with E-state index in [1.807, 2.05) is 49.4 Å². The van der Waals surface area contributed by atoms with Crippen LogP contribution in [-0.4, -0.2) is 61.2 Å². The van der Waals surface area contributed by atoms with E-state index in [1.165, 1.54) is 0 Å². The summed E-state index contributed by atoms with van der Waals surface area (Å²) in [4.78, 5) is 30.2. The van der Waals surface area contributed by atoms with E-state index in [1.54, 1.807) is 41.2 Å². The number of hydrogen-bond donors (Lipinski definition) is 1. The fraction of sp³-hybridized carbons (Fsp3) is 0.379. The lowest BCUT2D eigenvalue weighted by atomic mass is 10.1. The van der Waals surface area contributed by atoms with Crippen molar-refractivity contribution in [1.29, 1.82) is 0 Å². The number of anilines is 1. The summed E-state index contributed by atoms with van der Waals surface area (Å²) in [6.07, 6.45) is 2.44. The molecule has 0 bridgehead atoms. The predicted molar refractivity (Wildman–Crippen MR) is 142 cm³/mol. The van der Waals surface area contributed by atoms with Gasteiger partial charge in [-0.2, -0.15) is 0 Å². The van der Waals surface area contributed by atoms with E-state index in [4.69, 9.17) is 13.9 Å². The normalized spacial score (nSPS) is 14.8. The second-order valence-electron chi connectivity index (χ2n) is 9.24. The van der Waals surface area contributed by atoms with Crippen LogP contribution in [0.25, 0.3) is 0 Å². The summed E-state index contributed by atoms with van der Waals surface area (Å²) in [5.74, 6) is 2.07. The van der Waals surface area contributed by atoms with Crippen molar-refractivity contribution < 1.29 is 23.5 Å². The third-order valence-electron chi connectivity index (χ3n) is 6.41. The van der Waals surface area contributed by atoms with Crippen molar-refractivity contribution in [3.8, 4) is 5.75 Å². The zero-order valence-electron chi connectivity index (χ0n) is 21.5. The highest BCUT2D eigenvalue weighted by atomic mass is 16.5. The van der Waals surface area contributed by atoms with Crippen LogP contribution >= 0.6 is 0 Å². The van der Waals surface area contributed by atoms with Crippen LogP contribution in [0, 0.1) is 6.92 Å². The number of ether oxygens (including phenoxy) is 2. The number of urea groups is 1. The van der Waals surface area contributed by atoms with Crippen LogP contribution in [0.4, 0.5) is 10.5 Å². The first-order valence-electron chi connectivity index (χ1n) is 12.7. The molecule has 196 valence electrons. The Morgan fingerprint density at radius 1 is 1.03 bits per heavy atom. The first-order valence-corrected chi connectivity index (χ1v) is 12.7. The van der Waals surface area contributed by atoms with Gasteiger partial charge in [-0.05, 0) is 68.1 Å². The lowest BCUT2D eigenvalue weighted by Gasteiger charge is -2.29. The Hall–Kier alpha value is -3.78. The van der Waals surface area contributed by atoms with Crippen LogP contribution in [0.5, 0.6) is 5.75 Å². The first-order chi connectivity index (χ1) is 18.0. The summed E-state index contributed by atoms with van der Waals surface area (Å²) < 4.78 is 16.7. The standard InChI is InChI=1S/C29H35N3O5/c1-22-10-13-27(37-22)20-31(17-16-23-7-4-3-5-8-23)28(33)21-32(19-26-9-6-18-36-26)29(34)30-24-11-14-25(35-2)15-12-24/h3-5,7-8,10-15,26H,6,9,16-21H2,1-2H3,(H,30,34)/t26-/m0/s1. The smallest absolute Gasteiger partial charge is 0.322 e. The first kappa shape index (κ1) is 26.3. The Morgan fingerprint density at radius 3 is 2.46 bits per heavy atom. The third-order valence-corrected chi connectivity index (χ3v) is 6.41. The van der Waals surface area contributed by atoms with Crippen LogP contribution in [0.3, 0.4) is 0 Å². The number of aryl methyl sites for hydroxylation is 1. The molecule has 3 amide bonds. The molecule has 1 saturated heterocycles. The van der Waals surface area contributed by atoms with Crippen molar-refractivity contribution in [2.75, 3.05) is 38.7 Å². The Balaban J connectivity index is 1.47. The van der Waals surface area contributed by atoms with Gasteiger partial charge in [0.25, 0.3) is 0 Å². The quantitative estimate of drug-likeness (QED) is 0.402. The number of hydrogen-bond acceptors (Lipinski definition) is 5. The van der Waals surface area contributed by atoms with Crippen LogP contribution in [0.1, 0.15) is 29.9 Å². The van der Waals surface area contributed by atoms with Gasteiger partial charge in [-0.25, -0.2) is 4.79 Å². The van der Waals surface area contributed by atoms with E-state index in [0.29, 0.717) is 49.9 Å². The van der Waals surface area contributed by atoms with Gasteiger partial charge >= 0.3 is 6.03 Å². The molecule has 0 aliphatic carbocycles. The lowest BCUT2D eigenvalue weighted by Crippen LogP contribution is -2.47. The molecule has 2 heterocycles. The molecule has 0 unspecified atom stereocenters. The number of furan rings is 1. The van der Waals surface area contributed by atoms with Crippen LogP contribution in [0.15, 0.2) is 71.1 Å². The third kappa shape index (κ3) is 7.85. The number of nitrogens with zero attached hydrogens (tertiary/aromatic N) is 2. The van der Waals surface area contributed by atoms with E-state index < -0.39 is 0 Å². The number of rotatable bonds is 11. The molecule has 1 N–H and O–H groups in total. The molecule has 1 atom stereocenters. The summed E-state index contributed by atoms with van der Waals surface area (Å²) >= 11 is 0. The zero-order valence-corrected chi connectivity index (χ0v) is 21.5. The molecule has 1 aliphatic heterocycles. The van der Waals surface area contributed by atoms with Gasteiger partial charge in [0.2, 0.25) is 5.91 Å². The number of carbonyl (C=O) groups is 2. The Labute approximate surface area is 218 Å². The molecule has 3 aromatic rings. The fourth-order valence-electron chi connectivity index (χ4n) is 4.35. The minimum absolute atomic E-state index is 0.0592. The maximum absolute atomic E-state index is 13.6. The molecule has 0 spiro atoms. The minimum atomic E-state index is -0.342. The molecule has 1 aliphatic rings. The van der Waals surface area contributed by atoms with Gasteiger partial charge in [-0.3, -0.25) is 4.79 Å². The molecule has 0 radical (unpaired) electrons. The Kier molecular flexibility index (Phi) is 9.21. The van der Waals surface area contributed by atoms with E-state index in [0.717, 1.165) is 24.2 Å². The fourth-order valence-corrected chi connectivity index (χ4v) is 4.35. The van der Waals surface area contributed by atoms with Crippen molar-refractivity contribution in [3.05, 3.63) is 83.8 Å². The zero-order chi connectivity index (χ0) is 26.0. The number of carbonyl (C=O) groups excluding carboxylic acids is 2. The van der Waals surface area contributed by atoms with Gasteiger partial charge in [-0.15, -0.1) is 0 Å². The van der Waals surface area contributed by atoms with Gasteiger partial charge in [0, 0.05) is 25.4 Å². The van der Waals surface area contributed by atoms with Crippen molar-refractivity contribution in [3.63, 3.8) is 0 Å². The Bertz CT molecular complexity index is 1140. The molecule has 0 saturated carbocycles. The van der Waals surface area contributed by atoms with Gasteiger partial charge < -0.3 is 29.0 Å². The van der Waals surface area contributed by atoms with Crippen LogP contribution in [-0.2, 0) is 22.5 Å². The highest BCUT2D eigenvalue weighted by Crippen LogP contribution is 2.18. The SMILES string of the molecule is COc1ccc(NC(=O)N(CC(=O)N(CCc2ccccc2)Cc2ccc(C)o2)C[C@@H]2CCCO2)cc1. The van der Waals surface area contributed by atoms with Crippen molar-refractivity contribution in [1.82, 2.24) is 9.80 Å². The minimum Gasteiger partial charge on any atom is -0.497 e. The highest BCUT2D eigenvalue weighted by molar-refractivity contribution is 5.92. The second kappa shape index (κ2) is 13.0. The molecule has 8 nitrogen and oxygen atoms in total. The molecular formula is C29H35N3O5. The van der Waals surface area contributed by atoms with Crippen molar-refractivity contribution in [2.24, 2.45) is 0 Å². The summed E-state index contributed by atoms with van der Waals surface area (Å²) in [5, 5.41) is 2.91. The van der Waals surface area contributed by atoms with Crippen LogP contribution in [0.2, 0.25) is 0 Å². The number of amides is 3. The number of methoxy groups -OCH3 is 1. The molecule has 1 aromatic heterocycles. The topological polar surface area (TPSA) is 84.3 Å². The molecule has 4 rings (SSSR count). The average molecular weight is 506 g/mol. The average Bonchev–Trinajstić information content (AvgIpc) is 3.58. The summed E-state index contributed by atoms with van der Waals surface area (Å²) in [6, 6.07) is 20.6. The highest BCUT2D eigenvalue weighted by Gasteiger charge is 2.27. The molecule has 2 aromatic carbocycles. The largest absolute Gasteiger partial charge is 0.497 e. The van der Waals surface area contributed by atoms with Gasteiger partial charge in [-0.1, -0.05) is 30.3 Å². The predicted octanol–water partition coefficient (Wildman–Crippen LogP) is 4.88. The van der Waals surface area contributed by atoms with Gasteiger partial charge in [0.05, 0.1) is 19.8 Å². The van der Waals surface area contributed by atoms with Gasteiger partial charge in [0.1, 0.15) is 23.8 Å². The lowest BCUT2D eigenvalue weighted by molar-refractivity contribution is -0.132. The second-order valence-corrected chi connectivity index (χ2v) is 9.24. The molecule has 8 heteroatoms. The van der Waals surface area contributed by atoms with E-state index in [9.17, 15) is 9.59 Å². The maximum atomic E-state index is 13.6. The van der Waals surface area contributed by atoms with Crippen molar-refractivity contribution in [2.45, 2.75) is 38.8 Å². The summed E-state index contributed by atoms with van der Waals surface area (Å²) in [5.41, 5.74) is 1.77. The number of benzene rings is 2.